The molecule has 2 N–H and O–H groups in total. The Morgan fingerprint density at radius 3 is 2.92 bits per heavy atom. The second-order valence-corrected chi connectivity index (χ2v) is 6.05. The van der Waals surface area contributed by atoms with Gasteiger partial charge in [-0.2, -0.15) is 9.78 Å². The molecule has 1 aliphatic rings. The number of carboxylic acid groups (broad SMARTS) is 1. The molecule has 0 saturated carbocycles. The van der Waals surface area contributed by atoms with E-state index in [-0.39, 0.29) is 18.8 Å². The SMILES string of the molecule is Cl.O=C(O)C1C[C@H](OC(=O)n2ccc(/C=C/c3cccs3)n2)CN1. The number of rotatable bonds is 4. The molecule has 0 bridgehead atoms. The molecule has 3 rings (SSSR count). The summed E-state index contributed by atoms with van der Waals surface area (Å²) in [6, 6.07) is 4.98. The maximum Gasteiger partial charge on any atom is 0.435 e. The highest BCUT2D eigenvalue weighted by Crippen LogP contribution is 2.14. The Hall–Kier alpha value is -2.16. The number of halogens is 1. The quantitative estimate of drug-likeness (QED) is 0.859. The molecule has 24 heavy (non-hydrogen) atoms. The smallest absolute Gasteiger partial charge is 0.435 e. The van der Waals surface area contributed by atoms with Crippen LogP contribution in [0.3, 0.4) is 0 Å². The molecule has 2 aromatic heterocycles. The van der Waals surface area contributed by atoms with Crippen molar-refractivity contribution in [2.45, 2.75) is 18.6 Å². The minimum Gasteiger partial charge on any atom is -0.480 e. The van der Waals surface area contributed by atoms with Gasteiger partial charge >= 0.3 is 12.1 Å². The summed E-state index contributed by atoms with van der Waals surface area (Å²) < 4.78 is 6.37. The summed E-state index contributed by atoms with van der Waals surface area (Å²) in [5.41, 5.74) is 0.642. The van der Waals surface area contributed by atoms with Gasteiger partial charge in [0.2, 0.25) is 0 Å². The molecule has 9 heteroatoms. The maximum absolute atomic E-state index is 12.0. The highest BCUT2D eigenvalue weighted by Gasteiger charge is 2.31. The van der Waals surface area contributed by atoms with Crippen molar-refractivity contribution >= 4 is 48.0 Å². The fourth-order valence-electron chi connectivity index (χ4n) is 2.26. The molecule has 0 spiro atoms. The van der Waals surface area contributed by atoms with Gasteiger partial charge < -0.3 is 15.2 Å². The molecular formula is C15H16ClN3O4S. The van der Waals surface area contributed by atoms with Crippen LogP contribution in [-0.4, -0.2) is 45.6 Å². The molecule has 128 valence electrons. The number of ether oxygens (including phenoxy) is 1. The van der Waals surface area contributed by atoms with Gasteiger partial charge in [-0.05, 0) is 29.7 Å². The molecule has 1 aliphatic heterocycles. The normalized spacial score (nSPS) is 20.0. The molecule has 1 unspecified atom stereocenters. The third-order valence-corrected chi connectivity index (χ3v) is 4.25. The number of nitrogens with one attached hydrogen (secondary N) is 1. The number of carbonyl (C=O) groups is 2. The fraction of sp³-hybridized carbons (Fsp3) is 0.267. The van der Waals surface area contributed by atoms with E-state index in [1.165, 1.54) is 6.20 Å². The first-order valence-electron chi connectivity index (χ1n) is 7.06. The Morgan fingerprint density at radius 2 is 2.25 bits per heavy atom. The van der Waals surface area contributed by atoms with E-state index in [1.807, 2.05) is 29.7 Å². The molecule has 1 fully saturated rings. The Kier molecular flexibility index (Phi) is 6.13. The lowest BCUT2D eigenvalue weighted by Gasteiger charge is -2.10. The predicted octanol–water partition coefficient (Wildman–Crippen LogP) is 2.34. The summed E-state index contributed by atoms with van der Waals surface area (Å²) in [5, 5.41) is 17.8. The first kappa shape index (κ1) is 18.2. The number of thiophene rings is 1. The second-order valence-electron chi connectivity index (χ2n) is 5.07. The topological polar surface area (TPSA) is 93.5 Å². The van der Waals surface area contributed by atoms with Gasteiger partial charge in [0.15, 0.2) is 0 Å². The molecule has 2 atom stereocenters. The van der Waals surface area contributed by atoms with Gasteiger partial charge in [-0.3, -0.25) is 4.79 Å². The van der Waals surface area contributed by atoms with Crippen molar-refractivity contribution in [3.63, 3.8) is 0 Å². The molecule has 2 aromatic rings. The molecule has 0 aliphatic carbocycles. The van der Waals surface area contributed by atoms with E-state index in [0.717, 1.165) is 9.56 Å². The zero-order valence-corrected chi connectivity index (χ0v) is 14.1. The lowest BCUT2D eigenvalue weighted by molar-refractivity contribution is -0.139. The van der Waals surface area contributed by atoms with Crippen LogP contribution in [0.4, 0.5) is 4.79 Å². The van der Waals surface area contributed by atoms with Gasteiger partial charge in [-0.25, -0.2) is 4.79 Å². The number of aliphatic carboxylic acids is 1. The minimum atomic E-state index is -0.941. The molecule has 0 amide bonds. The Labute approximate surface area is 148 Å². The molecule has 0 aromatic carbocycles. The van der Waals surface area contributed by atoms with Gasteiger partial charge in [0.1, 0.15) is 12.1 Å². The monoisotopic (exact) mass is 369 g/mol. The van der Waals surface area contributed by atoms with Gasteiger partial charge in [0, 0.05) is 24.0 Å². The van der Waals surface area contributed by atoms with E-state index >= 15 is 0 Å². The molecule has 0 radical (unpaired) electrons. The van der Waals surface area contributed by atoms with Crippen molar-refractivity contribution in [2.75, 3.05) is 6.54 Å². The zero-order chi connectivity index (χ0) is 16.2. The van der Waals surface area contributed by atoms with Gasteiger partial charge in [-0.15, -0.1) is 23.7 Å². The third kappa shape index (κ3) is 4.44. The summed E-state index contributed by atoms with van der Waals surface area (Å²) in [5.74, 6) is -0.941. The summed E-state index contributed by atoms with van der Waals surface area (Å²) in [6.07, 6.45) is 4.44. The predicted molar refractivity (Wildman–Crippen MR) is 92.4 cm³/mol. The average molecular weight is 370 g/mol. The van der Waals surface area contributed by atoms with E-state index in [0.29, 0.717) is 12.2 Å². The van der Waals surface area contributed by atoms with Gasteiger partial charge in [0.25, 0.3) is 0 Å². The highest BCUT2D eigenvalue weighted by atomic mass is 35.5. The third-order valence-electron chi connectivity index (χ3n) is 3.41. The van der Waals surface area contributed by atoms with Crippen LogP contribution in [0, 0.1) is 0 Å². The summed E-state index contributed by atoms with van der Waals surface area (Å²) in [7, 11) is 0. The lowest BCUT2D eigenvalue weighted by Crippen LogP contribution is -2.30. The molecule has 1 saturated heterocycles. The Bertz CT molecular complexity index is 729. The second kappa shape index (κ2) is 8.09. The van der Waals surface area contributed by atoms with Gasteiger partial charge in [0.05, 0.1) is 5.69 Å². The molecular weight excluding hydrogens is 354 g/mol. The van der Waals surface area contributed by atoms with Crippen molar-refractivity contribution in [1.82, 2.24) is 15.1 Å². The average Bonchev–Trinajstić information content (AvgIpc) is 3.26. The first-order chi connectivity index (χ1) is 11.1. The highest BCUT2D eigenvalue weighted by molar-refractivity contribution is 7.10. The Morgan fingerprint density at radius 1 is 1.42 bits per heavy atom. The van der Waals surface area contributed by atoms with E-state index in [4.69, 9.17) is 9.84 Å². The van der Waals surface area contributed by atoms with Crippen LogP contribution in [0.2, 0.25) is 0 Å². The fourth-order valence-corrected chi connectivity index (χ4v) is 2.88. The van der Waals surface area contributed by atoms with Crippen molar-refractivity contribution in [1.29, 1.82) is 0 Å². The van der Waals surface area contributed by atoms with E-state index in [1.54, 1.807) is 17.4 Å². The largest absolute Gasteiger partial charge is 0.480 e. The summed E-state index contributed by atoms with van der Waals surface area (Å²) in [6.45, 7) is 0.328. The first-order valence-corrected chi connectivity index (χ1v) is 7.94. The van der Waals surface area contributed by atoms with Crippen molar-refractivity contribution < 1.29 is 19.4 Å². The number of hydrogen-bond acceptors (Lipinski definition) is 6. The van der Waals surface area contributed by atoms with E-state index in [2.05, 4.69) is 10.4 Å². The van der Waals surface area contributed by atoms with E-state index < -0.39 is 24.2 Å². The lowest BCUT2D eigenvalue weighted by atomic mass is 10.2. The van der Waals surface area contributed by atoms with Crippen LogP contribution in [0.5, 0.6) is 0 Å². The molecule has 7 nitrogen and oxygen atoms in total. The number of carbonyl (C=O) groups excluding carboxylic acids is 1. The van der Waals surface area contributed by atoms with Crippen LogP contribution in [-0.2, 0) is 9.53 Å². The van der Waals surface area contributed by atoms with Gasteiger partial charge in [-0.1, -0.05) is 6.07 Å². The van der Waals surface area contributed by atoms with E-state index in [9.17, 15) is 9.59 Å². The Balaban J connectivity index is 0.00000208. The standard InChI is InChI=1S/C15H15N3O4S.ClH/c19-14(20)13-8-11(9-16-13)22-15(21)18-6-5-10(17-18)3-4-12-2-1-7-23-12;/h1-7,11,13,16H,8-9H2,(H,19,20);1H/b4-3+;/t11-,13?;/m0./s1. The maximum atomic E-state index is 12.0. The summed E-state index contributed by atoms with van der Waals surface area (Å²) in [4.78, 5) is 23.9. The van der Waals surface area contributed by atoms with Crippen molar-refractivity contribution in [2.24, 2.45) is 0 Å². The number of hydrogen-bond donors (Lipinski definition) is 2. The van der Waals surface area contributed by atoms with Crippen LogP contribution in [0.15, 0.2) is 29.8 Å². The van der Waals surface area contributed by atoms with Crippen molar-refractivity contribution in [3.05, 3.63) is 40.3 Å². The van der Waals surface area contributed by atoms with Crippen LogP contribution < -0.4 is 5.32 Å². The molecule has 3 heterocycles. The van der Waals surface area contributed by atoms with Crippen LogP contribution in [0.25, 0.3) is 12.2 Å². The number of aromatic nitrogens is 2. The number of carboxylic acids is 1. The van der Waals surface area contributed by atoms with Crippen molar-refractivity contribution in [3.8, 4) is 0 Å². The van der Waals surface area contributed by atoms with Crippen LogP contribution >= 0.6 is 23.7 Å². The zero-order valence-electron chi connectivity index (χ0n) is 12.5. The number of nitrogens with zero attached hydrogens (tertiary/aromatic N) is 2. The minimum absolute atomic E-state index is 0. The van der Waals surface area contributed by atoms with Crippen LogP contribution in [0.1, 0.15) is 17.0 Å². The summed E-state index contributed by atoms with van der Waals surface area (Å²) >= 11 is 1.61.